The summed E-state index contributed by atoms with van der Waals surface area (Å²) in [5, 5.41) is 6.79. The highest BCUT2D eigenvalue weighted by molar-refractivity contribution is 7.92. The zero-order chi connectivity index (χ0) is 19.7. The third-order valence-corrected chi connectivity index (χ3v) is 6.45. The number of sulfonamides is 1. The molecule has 1 atom stereocenters. The van der Waals surface area contributed by atoms with Gasteiger partial charge in [-0.15, -0.1) is 11.3 Å². The summed E-state index contributed by atoms with van der Waals surface area (Å²) >= 11 is 1.46. The smallest absolute Gasteiger partial charge is 0.232 e. The van der Waals surface area contributed by atoms with Crippen LogP contribution in [0, 0.1) is 0 Å². The summed E-state index contributed by atoms with van der Waals surface area (Å²) in [4.78, 5) is 8.74. The molecule has 28 heavy (non-hydrogen) atoms. The van der Waals surface area contributed by atoms with Crippen LogP contribution in [-0.2, 0) is 16.4 Å². The van der Waals surface area contributed by atoms with Crippen molar-refractivity contribution in [1.82, 2.24) is 9.97 Å². The predicted octanol–water partition coefficient (Wildman–Crippen LogP) is 3.36. The van der Waals surface area contributed by atoms with Gasteiger partial charge in [0.05, 0.1) is 29.5 Å². The Hall–Kier alpha value is -2.78. The molecule has 1 aliphatic rings. The first-order valence-corrected chi connectivity index (χ1v) is 11.4. The Morgan fingerprint density at radius 2 is 2.18 bits per heavy atom. The maximum absolute atomic E-state index is 12.1. The summed E-state index contributed by atoms with van der Waals surface area (Å²) in [5.41, 5.74) is 7.24. The van der Waals surface area contributed by atoms with Crippen molar-refractivity contribution in [1.29, 1.82) is 0 Å². The first kappa shape index (κ1) is 18.6. The fourth-order valence-electron chi connectivity index (χ4n) is 3.33. The zero-order valence-electron chi connectivity index (χ0n) is 15.4. The van der Waals surface area contributed by atoms with E-state index in [1.165, 1.54) is 21.9 Å². The summed E-state index contributed by atoms with van der Waals surface area (Å²) in [6, 6.07) is 11.3. The van der Waals surface area contributed by atoms with Gasteiger partial charge in [-0.2, -0.15) is 5.10 Å². The third kappa shape index (κ3) is 3.76. The van der Waals surface area contributed by atoms with Crippen LogP contribution in [0.2, 0.25) is 0 Å². The number of benzene rings is 1. The first-order valence-electron chi connectivity index (χ1n) is 8.70. The highest BCUT2D eigenvalue weighted by Crippen LogP contribution is 2.37. The second-order valence-electron chi connectivity index (χ2n) is 6.62. The van der Waals surface area contributed by atoms with Gasteiger partial charge in [0, 0.05) is 23.2 Å². The Labute approximate surface area is 167 Å². The Morgan fingerprint density at radius 1 is 1.32 bits per heavy atom. The minimum absolute atomic E-state index is 0.0751. The van der Waals surface area contributed by atoms with E-state index in [2.05, 4.69) is 20.5 Å². The molecule has 144 valence electrons. The number of hydrogen-bond acceptors (Lipinski definition) is 7. The molecular formula is C19H19N5O2S2. The Kier molecular flexibility index (Phi) is 4.86. The summed E-state index contributed by atoms with van der Waals surface area (Å²) < 4.78 is 25.6. The van der Waals surface area contributed by atoms with Crippen molar-refractivity contribution in [3.8, 4) is 11.3 Å². The normalized spacial score (nSPS) is 16.5. The fourth-order valence-corrected chi connectivity index (χ4v) is 5.26. The molecule has 2 aromatic heterocycles. The van der Waals surface area contributed by atoms with E-state index in [1.807, 2.05) is 48.7 Å². The van der Waals surface area contributed by atoms with Crippen LogP contribution in [0.15, 0.2) is 53.1 Å². The molecule has 0 saturated carbocycles. The molecule has 1 aliphatic heterocycles. The Morgan fingerprint density at radius 3 is 2.93 bits per heavy atom. The molecule has 0 saturated heterocycles. The van der Waals surface area contributed by atoms with Gasteiger partial charge >= 0.3 is 0 Å². The molecule has 0 fully saturated rings. The zero-order valence-corrected chi connectivity index (χ0v) is 17.0. The molecule has 1 N–H and O–H groups in total. The number of anilines is 2. The standard InChI is InChI=1S/C19H19N5O2S2/c1-13-9-15-10-14(6-7-18(15)24(13)28(2,25)26)17-12-27-19(22-17)23-21-11-16-5-3-4-8-20-16/h3-8,10-13H,9H2,1-2H3,(H,22,23)/t13-/m1/s1. The lowest BCUT2D eigenvalue weighted by atomic mass is 10.1. The summed E-state index contributed by atoms with van der Waals surface area (Å²) in [7, 11) is -3.28. The van der Waals surface area contributed by atoms with Gasteiger partial charge in [0.1, 0.15) is 0 Å². The topological polar surface area (TPSA) is 87.6 Å². The van der Waals surface area contributed by atoms with Crippen molar-refractivity contribution >= 4 is 38.4 Å². The predicted molar refractivity (Wildman–Crippen MR) is 113 cm³/mol. The summed E-state index contributed by atoms with van der Waals surface area (Å²) in [6.07, 6.45) is 5.29. The van der Waals surface area contributed by atoms with E-state index in [4.69, 9.17) is 0 Å². The number of thiazole rings is 1. The fraction of sp³-hybridized carbons (Fsp3) is 0.211. The SMILES string of the molecule is C[C@@H]1Cc2cc(-c3csc(NN=Cc4ccccn4)n3)ccc2N1S(C)(=O)=O. The van der Waals surface area contributed by atoms with Gasteiger partial charge < -0.3 is 0 Å². The van der Waals surface area contributed by atoms with E-state index in [-0.39, 0.29) is 6.04 Å². The van der Waals surface area contributed by atoms with Crippen molar-refractivity contribution in [3.05, 3.63) is 59.2 Å². The average Bonchev–Trinajstić information content (AvgIpc) is 3.25. The number of rotatable bonds is 5. The molecule has 0 bridgehead atoms. The lowest BCUT2D eigenvalue weighted by Gasteiger charge is -2.21. The van der Waals surface area contributed by atoms with E-state index in [0.717, 1.165) is 28.2 Å². The van der Waals surface area contributed by atoms with Crippen LogP contribution < -0.4 is 9.73 Å². The Bertz CT molecular complexity index is 1130. The number of nitrogens with zero attached hydrogens (tertiary/aromatic N) is 4. The summed E-state index contributed by atoms with van der Waals surface area (Å²) in [5.74, 6) is 0. The van der Waals surface area contributed by atoms with Crippen LogP contribution >= 0.6 is 11.3 Å². The molecule has 4 rings (SSSR count). The number of nitrogens with one attached hydrogen (secondary N) is 1. The molecule has 0 radical (unpaired) electrons. The van der Waals surface area contributed by atoms with E-state index in [9.17, 15) is 8.42 Å². The van der Waals surface area contributed by atoms with Crippen LogP contribution in [0.25, 0.3) is 11.3 Å². The molecule has 3 aromatic rings. The minimum atomic E-state index is -3.28. The number of aromatic nitrogens is 2. The van der Waals surface area contributed by atoms with Crippen molar-refractivity contribution in [2.24, 2.45) is 5.10 Å². The van der Waals surface area contributed by atoms with E-state index in [0.29, 0.717) is 11.6 Å². The number of fused-ring (bicyclic) bond motifs is 1. The monoisotopic (exact) mass is 413 g/mol. The second-order valence-corrected chi connectivity index (χ2v) is 9.34. The lowest BCUT2D eigenvalue weighted by molar-refractivity contribution is 0.590. The van der Waals surface area contributed by atoms with E-state index >= 15 is 0 Å². The van der Waals surface area contributed by atoms with Gasteiger partial charge in [0.15, 0.2) is 0 Å². The second kappa shape index (κ2) is 7.33. The van der Waals surface area contributed by atoms with Crippen molar-refractivity contribution < 1.29 is 8.42 Å². The van der Waals surface area contributed by atoms with Gasteiger partial charge in [0.25, 0.3) is 0 Å². The van der Waals surface area contributed by atoms with Crippen LogP contribution in [0.3, 0.4) is 0 Å². The molecule has 0 aliphatic carbocycles. The number of hydrazone groups is 1. The van der Waals surface area contributed by atoms with Crippen molar-refractivity contribution in [2.75, 3.05) is 16.0 Å². The average molecular weight is 414 g/mol. The molecule has 3 heterocycles. The maximum atomic E-state index is 12.1. The molecule has 0 spiro atoms. The van der Waals surface area contributed by atoms with Gasteiger partial charge in [-0.1, -0.05) is 12.1 Å². The van der Waals surface area contributed by atoms with Gasteiger partial charge in [0.2, 0.25) is 15.2 Å². The highest BCUT2D eigenvalue weighted by atomic mass is 32.2. The van der Waals surface area contributed by atoms with Crippen molar-refractivity contribution in [2.45, 2.75) is 19.4 Å². The quantitative estimate of drug-likeness (QED) is 0.512. The lowest BCUT2D eigenvalue weighted by Crippen LogP contribution is -2.34. The Balaban J connectivity index is 1.52. The summed E-state index contributed by atoms with van der Waals surface area (Å²) in [6.45, 7) is 1.92. The van der Waals surface area contributed by atoms with Crippen molar-refractivity contribution in [3.63, 3.8) is 0 Å². The van der Waals surface area contributed by atoms with Crippen LogP contribution in [0.5, 0.6) is 0 Å². The molecular weight excluding hydrogens is 394 g/mol. The minimum Gasteiger partial charge on any atom is -0.267 e. The first-order chi connectivity index (χ1) is 13.4. The van der Waals surface area contributed by atoms with Gasteiger partial charge in [-0.3, -0.25) is 14.7 Å². The molecule has 0 amide bonds. The van der Waals surface area contributed by atoms with Gasteiger partial charge in [-0.05, 0) is 43.2 Å². The largest absolute Gasteiger partial charge is 0.267 e. The molecule has 0 unspecified atom stereocenters. The van der Waals surface area contributed by atoms with E-state index < -0.39 is 10.0 Å². The third-order valence-electron chi connectivity index (χ3n) is 4.43. The molecule has 1 aromatic carbocycles. The number of pyridine rings is 1. The van der Waals surface area contributed by atoms with Crippen LogP contribution in [0.1, 0.15) is 18.2 Å². The van der Waals surface area contributed by atoms with E-state index in [1.54, 1.807) is 12.4 Å². The molecule has 7 nitrogen and oxygen atoms in total. The highest BCUT2D eigenvalue weighted by Gasteiger charge is 2.32. The van der Waals surface area contributed by atoms with Gasteiger partial charge in [-0.25, -0.2) is 13.4 Å². The van der Waals surface area contributed by atoms with Crippen LogP contribution in [-0.4, -0.2) is 36.9 Å². The molecule has 9 heteroatoms. The number of hydrogen-bond donors (Lipinski definition) is 1. The maximum Gasteiger partial charge on any atom is 0.232 e. The van der Waals surface area contributed by atoms with Crippen LogP contribution in [0.4, 0.5) is 10.8 Å².